The van der Waals surface area contributed by atoms with E-state index >= 15 is 0 Å². The topological polar surface area (TPSA) is 82.1 Å². The van der Waals surface area contributed by atoms with Crippen LogP contribution in [0.3, 0.4) is 0 Å². The SMILES string of the molecule is C[C@@H](CO)Nc1nc(NNc2ccc(Cl)cc2Cl)cc(C(F)(F)F)n1. The predicted octanol–water partition coefficient (Wildman–Crippen LogP) is 4.03. The van der Waals surface area contributed by atoms with Gasteiger partial charge in [0.2, 0.25) is 5.95 Å². The first-order valence-electron chi connectivity index (χ1n) is 7.00. The number of aliphatic hydroxyl groups excluding tert-OH is 1. The van der Waals surface area contributed by atoms with Crippen LogP contribution in [0.5, 0.6) is 0 Å². The lowest BCUT2D eigenvalue weighted by Crippen LogP contribution is -2.23. The average molecular weight is 396 g/mol. The Morgan fingerprint density at radius 2 is 1.88 bits per heavy atom. The van der Waals surface area contributed by atoms with Crippen molar-refractivity contribution in [2.75, 3.05) is 22.8 Å². The Balaban J connectivity index is 2.24. The molecule has 0 saturated carbocycles. The van der Waals surface area contributed by atoms with E-state index in [4.69, 9.17) is 28.3 Å². The number of benzene rings is 1. The second-order valence-corrected chi connectivity index (χ2v) is 5.91. The van der Waals surface area contributed by atoms with E-state index in [0.717, 1.165) is 6.07 Å². The Bertz CT molecular complexity index is 745. The molecule has 0 aliphatic heterocycles. The van der Waals surface area contributed by atoms with Crippen LogP contribution in [0.4, 0.5) is 30.6 Å². The van der Waals surface area contributed by atoms with Gasteiger partial charge >= 0.3 is 6.18 Å². The third-order valence-electron chi connectivity index (χ3n) is 2.92. The maximum absolute atomic E-state index is 13.0. The van der Waals surface area contributed by atoms with Gasteiger partial charge in [0.05, 0.1) is 17.3 Å². The van der Waals surface area contributed by atoms with E-state index in [9.17, 15) is 13.2 Å². The Morgan fingerprint density at radius 3 is 2.48 bits per heavy atom. The minimum atomic E-state index is -4.66. The van der Waals surface area contributed by atoms with Gasteiger partial charge < -0.3 is 10.4 Å². The molecule has 0 spiro atoms. The largest absolute Gasteiger partial charge is 0.433 e. The number of hydrazine groups is 1. The molecule has 0 bridgehead atoms. The van der Waals surface area contributed by atoms with E-state index < -0.39 is 17.9 Å². The third kappa shape index (κ3) is 5.52. The summed E-state index contributed by atoms with van der Waals surface area (Å²) in [5.74, 6) is -0.413. The first kappa shape index (κ1) is 19.4. The zero-order valence-electron chi connectivity index (χ0n) is 12.8. The molecule has 0 saturated heterocycles. The van der Waals surface area contributed by atoms with Crippen molar-refractivity contribution in [3.63, 3.8) is 0 Å². The molecule has 0 aliphatic rings. The molecule has 1 aromatic carbocycles. The molecular formula is C14H14Cl2F3N5O. The van der Waals surface area contributed by atoms with Gasteiger partial charge in [0.15, 0.2) is 11.5 Å². The van der Waals surface area contributed by atoms with Crippen LogP contribution >= 0.6 is 23.2 Å². The number of hydrogen-bond donors (Lipinski definition) is 4. The second kappa shape index (κ2) is 7.94. The van der Waals surface area contributed by atoms with Crippen LogP contribution in [0.25, 0.3) is 0 Å². The van der Waals surface area contributed by atoms with Crippen molar-refractivity contribution in [3.8, 4) is 0 Å². The van der Waals surface area contributed by atoms with Crippen molar-refractivity contribution in [3.05, 3.63) is 40.0 Å². The van der Waals surface area contributed by atoms with Gasteiger partial charge in [-0.15, -0.1) is 0 Å². The molecule has 25 heavy (non-hydrogen) atoms. The van der Waals surface area contributed by atoms with E-state index in [2.05, 4.69) is 26.1 Å². The summed E-state index contributed by atoms with van der Waals surface area (Å²) in [6, 6.07) is 4.82. The number of nitrogens with zero attached hydrogens (tertiary/aromatic N) is 2. The van der Waals surface area contributed by atoms with Gasteiger partial charge in [-0.3, -0.25) is 10.9 Å². The Labute approximate surface area is 151 Å². The van der Waals surface area contributed by atoms with E-state index in [-0.39, 0.29) is 23.4 Å². The molecule has 4 N–H and O–H groups in total. The second-order valence-electron chi connectivity index (χ2n) is 5.06. The van der Waals surface area contributed by atoms with Crippen LogP contribution in [-0.4, -0.2) is 27.7 Å². The Kier molecular flexibility index (Phi) is 6.15. The van der Waals surface area contributed by atoms with Gasteiger partial charge in [-0.25, -0.2) is 4.98 Å². The highest BCUT2D eigenvalue weighted by atomic mass is 35.5. The summed E-state index contributed by atoms with van der Waals surface area (Å²) < 4.78 is 39.0. The highest BCUT2D eigenvalue weighted by molar-refractivity contribution is 6.36. The molecule has 0 amide bonds. The number of rotatable bonds is 6. The quantitative estimate of drug-likeness (QED) is 0.552. The molecule has 0 fully saturated rings. The zero-order valence-corrected chi connectivity index (χ0v) is 14.3. The number of hydrogen-bond acceptors (Lipinski definition) is 6. The summed E-state index contributed by atoms with van der Waals surface area (Å²) >= 11 is 11.8. The zero-order chi connectivity index (χ0) is 18.6. The molecule has 1 aromatic heterocycles. The normalized spacial score (nSPS) is 12.6. The lowest BCUT2D eigenvalue weighted by Gasteiger charge is -2.16. The Hall–Kier alpha value is -1.97. The van der Waals surface area contributed by atoms with E-state index in [0.29, 0.717) is 10.7 Å². The number of aromatic nitrogens is 2. The van der Waals surface area contributed by atoms with E-state index in [1.165, 1.54) is 6.07 Å². The van der Waals surface area contributed by atoms with Crippen LogP contribution in [0.1, 0.15) is 12.6 Å². The molecule has 0 radical (unpaired) electrons. The summed E-state index contributed by atoms with van der Waals surface area (Å²) in [5, 5.41) is 12.3. The molecule has 136 valence electrons. The number of anilines is 3. The van der Waals surface area contributed by atoms with Crippen molar-refractivity contribution in [1.82, 2.24) is 9.97 Å². The van der Waals surface area contributed by atoms with Gasteiger partial charge in [0, 0.05) is 17.1 Å². The smallest absolute Gasteiger partial charge is 0.394 e. The summed E-state index contributed by atoms with van der Waals surface area (Å²) in [4.78, 5) is 7.33. The highest BCUT2D eigenvalue weighted by Crippen LogP contribution is 2.30. The van der Waals surface area contributed by atoms with Crippen molar-refractivity contribution in [1.29, 1.82) is 0 Å². The van der Waals surface area contributed by atoms with Gasteiger partial charge in [0.1, 0.15) is 0 Å². The van der Waals surface area contributed by atoms with Crippen molar-refractivity contribution in [2.24, 2.45) is 0 Å². The van der Waals surface area contributed by atoms with E-state index in [1.54, 1.807) is 19.1 Å². The fourth-order valence-electron chi connectivity index (χ4n) is 1.71. The standard InChI is InChI=1S/C14H14Cl2F3N5O/c1-7(6-25)20-13-21-11(14(17,18)19)5-12(22-13)24-23-10-3-2-8(15)4-9(10)16/h2-5,7,23,25H,6H2,1H3,(H2,20,21,22,24)/t7-/m0/s1. The van der Waals surface area contributed by atoms with Crippen LogP contribution in [0.2, 0.25) is 10.0 Å². The summed E-state index contributed by atoms with van der Waals surface area (Å²) in [6.07, 6.45) is -4.66. The minimum Gasteiger partial charge on any atom is -0.394 e. The lowest BCUT2D eigenvalue weighted by molar-refractivity contribution is -0.141. The monoisotopic (exact) mass is 395 g/mol. The molecule has 11 heteroatoms. The average Bonchev–Trinajstić information content (AvgIpc) is 2.53. The highest BCUT2D eigenvalue weighted by Gasteiger charge is 2.34. The maximum atomic E-state index is 13.0. The number of nitrogens with one attached hydrogen (secondary N) is 3. The summed E-state index contributed by atoms with van der Waals surface area (Å²) in [7, 11) is 0. The van der Waals surface area contributed by atoms with Gasteiger partial charge in [-0.05, 0) is 25.1 Å². The number of halogens is 5. The molecule has 1 heterocycles. The fourth-order valence-corrected chi connectivity index (χ4v) is 2.17. The molecule has 2 rings (SSSR count). The van der Waals surface area contributed by atoms with Crippen LogP contribution in [0, 0.1) is 0 Å². The summed E-state index contributed by atoms with van der Waals surface area (Å²) in [6.45, 7) is 1.28. The van der Waals surface area contributed by atoms with E-state index in [1.807, 2.05) is 0 Å². The number of alkyl halides is 3. The third-order valence-corrected chi connectivity index (χ3v) is 3.47. The molecule has 6 nitrogen and oxygen atoms in total. The molecule has 2 aromatic rings. The van der Waals surface area contributed by atoms with Gasteiger partial charge in [-0.1, -0.05) is 23.2 Å². The van der Waals surface area contributed by atoms with Crippen molar-refractivity contribution in [2.45, 2.75) is 19.1 Å². The first-order chi connectivity index (χ1) is 11.7. The van der Waals surface area contributed by atoms with Crippen LogP contribution in [0.15, 0.2) is 24.3 Å². The minimum absolute atomic E-state index is 0.138. The number of aliphatic hydroxyl groups is 1. The first-order valence-corrected chi connectivity index (χ1v) is 7.75. The van der Waals surface area contributed by atoms with Crippen LogP contribution in [-0.2, 0) is 6.18 Å². The molecule has 0 aliphatic carbocycles. The molecular weight excluding hydrogens is 382 g/mol. The van der Waals surface area contributed by atoms with Crippen LogP contribution < -0.4 is 16.2 Å². The molecule has 0 unspecified atom stereocenters. The maximum Gasteiger partial charge on any atom is 0.433 e. The lowest BCUT2D eigenvalue weighted by atomic mass is 10.3. The molecule has 1 atom stereocenters. The van der Waals surface area contributed by atoms with Crippen molar-refractivity contribution < 1.29 is 18.3 Å². The van der Waals surface area contributed by atoms with Crippen molar-refractivity contribution >= 4 is 40.7 Å². The fraction of sp³-hybridized carbons (Fsp3) is 0.286. The van der Waals surface area contributed by atoms with Gasteiger partial charge in [0.25, 0.3) is 0 Å². The Morgan fingerprint density at radius 1 is 1.16 bits per heavy atom. The van der Waals surface area contributed by atoms with Gasteiger partial charge in [-0.2, -0.15) is 18.2 Å². The predicted molar refractivity (Wildman–Crippen MR) is 90.9 cm³/mol. The summed E-state index contributed by atoms with van der Waals surface area (Å²) in [5.41, 5.74) is 4.45.